The number of rotatable bonds is 5. The molecule has 0 aromatic rings. The monoisotopic (exact) mass is 571 g/mol. The highest BCUT2D eigenvalue weighted by Crippen LogP contribution is 2.77. The second kappa shape index (κ2) is 10.3. The van der Waals surface area contributed by atoms with Crippen LogP contribution in [0.4, 0.5) is 0 Å². The maximum absolute atomic E-state index is 12.1. The van der Waals surface area contributed by atoms with Gasteiger partial charge in [-0.25, -0.2) is 0 Å². The van der Waals surface area contributed by atoms with Crippen LogP contribution in [0.25, 0.3) is 0 Å². The van der Waals surface area contributed by atoms with Gasteiger partial charge in [-0.2, -0.15) is 0 Å². The van der Waals surface area contributed by atoms with E-state index in [1.807, 2.05) is 0 Å². The molecule has 0 aliphatic heterocycles. The van der Waals surface area contributed by atoms with Crippen LogP contribution in [0.15, 0.2) is 0 Å². The van der Waals surface area contributed by atoms with Gasteiger partial charge in [0.25, 0.3) is 0 Å². The highest BCUT2D eigenvalue weighted by atomic mass is 16.5. The lowest BCUT2D eigenvalue weighted by Gasteiger charge is -2.73. The Morgan fingerprint density at radius 3 is 2.12 bits per heavy atom. The molecule has 0 aromatic carbocycles. The van der Waals surface area contributed by atoms with Crippen LogP contribution < -0.4 is 5.32 Å². The fraction of sp³-hybridized carbons (Fsp3) is 0.914. The van der Waals surface area contributed by atoms with Crippen LogP contribution in [0.3, 0.4) is 0 Å². The number of amides is 1. The summed E-state index contributed by atoms with van der Waals surface area (Å²) in [5.41, 5.74) is 0.634. The van der Waals surface area contributed by atoms with Crippen molar-refractivity contribution in [2.75, 3.05) is 6.61 Å². The second-order valence-corrected chi connectivity index (χ2v) is 16.5. The van der Waals surface area contributed by atoms with Gasteiger partial charge in [0, 0.05) is 37.6 Å². The zero-order valence-electron chi connectivity index (χ0n) is 27.4. The lowest BCUT2D eigenvalue weighted by molar-refractivity contribution is -0.253. The Balaban J connectivity index is 1.50. The molecule has 11 atom stereocenters. The van der Waals surface area contributed by atoms with Crippen molar-refractivity contribution in [2.45, 2.75) is 139 Å². The molecule has 0 bridgehead atoms. The lowest BCUT2D eigenvalue weighted by atomic mass is 9.32. The van der Waals surface area contributed by atoms with E-state index in [2.05, 4.69) is 46.9 Å². The maximum Gasteiger partial charge on any atom is 0.302 e. The summed E-state index contributed by atoms with van der Waals surface area (Å²) in [5, 5.41) is 3.26. The van der Waals surface area contributed by atoms with Crippen LogP contribution in [0.2, 0.25) is 0 Å². The van der Waals surface area contributed by atoms with Gasteiger partial charge in [0.15, 0.2) is 0 Å². The lowest BCUT2D eigenvalue weighted by Crippen LogP contribution is -2.67. The second-order valence-electron chi connectivity index (χ2n) is 16.5. The molecule has 5 saturated carbocycles. The molecule has 0 unspecified atom stereocenters. The molecular formula is C35H57NO5. The number of hydrogen-bond donors (Lipinski definition) is 1. The standard InChI is InChI=1S/C35H57NO5/c1-21(36-22(2)37)25-12-17-35(20-40-23(3)38)19-18-33(8)26(30(25)35)10-11-28-32(7)15-14-29(41-24(4)39)31(5,6)27(32)13-16-34(28,33)9/h21,25-30H,10-20H2,1-9H3,(H,36,37)/t21-,25-,26-,27-,28+,29-,30-,32+,33-,34+,35+/m1/s1. The summed E-state index contributed by atoms with van der Waals surface area (Å²) >= 11 is 0. The van der Waals surface area contributed by atoms with Crippen molar-refractivity contribution < 1.29 is 23.9 Å². The number of esters is 2. The third-order valence-corrected chi connectivity index (χ3v) is 14.5. The van der Waals surface area contributed by atoms with Gasteiger partial charge in [-0.15, -0.1) is 0 Å². The Labute approximate surface area is 248 Å². The van der Waals surface area contributed by atoms with Gasteiger partial charge in [0.1, 0.15) is 6.10 Å². The highest BCUT2D eigenvalue weighted by Gasteiger charge is 2.71. The van der Waals surface area contributed by atoms with Crippen molar-refractivity contribution in [2.24, 2.45) is 56.7 Å². The number of carbonyl (C=O) groups excluding carboxylic acids is 3. The predicted octanol–water partition coefficient (Wildman–Crippen LogP) is 7.09. The minimum atomic E-state index is -0.182. The molecule has 232 valence electrons. The van der Waals surface area contributed by atoms with E-state index in [1.165, 1.54) is 39.0 Å². The average molecular weight is 572 g/mol. The van der Waals surface area contributed by atoms with E-state index in [9.17, 15) is 14.4 Å². The van der Waals surface area contributed by atoms with E-state index >= 15 is 0 Å². The Hall–Kier alpha value is -1.59. The minimum Gasteiger partial charge on any atom is -0.465 e. The molecule has 5 fully saturated rings. The van der Waals surface area contributed by atoms with Crippen LogP contribution in [0.5, 0.6) is 0 Å². The van der Waals surface area contributed by atoms with Crippen molar-refractivity contribution in [3.63, 3.8) is 0 Å². The fourth-order valence-corrected chi connectivity index (χ4v) is 12.7. The Bertz CT molecular complexity index is 1070. The van der Waals surface area contributed by atoms with Gasteiger partial charge < -0.3 is 14.8 Å². The Morgan fingerprint density at radius 2 is 1.49 bits per heavy atom. The third kappa shape index (κ3) is 4.58. The first-order valence-corrected chi connectivity index (χ1v) is 16.6. The summed E-state index contributed by atoms with van der Waals surface area (Å²) in [5.74, 6) is 2.30. The van der Waals surface area contributed by atoms with E-state index < -0.39 is 0 Å². The molecule has 5 rings (SSSR count). The number of carbonyl (C=O) groups is 3. The van der Waals surface area contributed by atoms with E-state index in [0.717, 1.165) is 32.1 Å². The van der Waals surface area contributed by atoms with Gasteiger partial charge in [-0.1, -0.05) is 34.6 Å². The topological polar surface area (TPSA) is 81.7 Å². The molecule has 5 aliphatic carbocycles. The van der Waals surface area contributed by atoms with Gasteiger partial charge in [-0.05, 0) is 117 Å². The minimum absolute atomic E-state index is 0.000408. The molecule has 6 heteroatoms. The summed E-state index contributed by atoms with van der Waals surface area (Å²) in [7, 11) is 0. The molecule has 0 heterocycles. The molecule has 0 spiro atoms. The van der Waals surface area contributed by atoms with E-state index in [-0.39, 0.29) is 57.1 Å². The van der Waals surface area contributed by atoms with Crippen LogP contribution in [-0.4, -0.2) is 36.6 Å². The smallest absolute Gasteiger partial charge is 0.302 e. The van der Waals surface area contributed by atoms with Crippen LogP contribution in [-0.2, 0) is 23.9 Å². The fourth-order valence-electron chi connectivity index (χ4n) is 12.7. The van der Waals surface area contributed by atoms with Crippen molar-refractivity contribution in [1.29, 1.82) is 0 Å². The molecule has 1 amide bonds. The molecule has 0 radical (unpaired) electrons. The predicted molar refractivity (Wildman–Crippen MR) is 160 cm³/mol. The van der Waals surface area contributed by atoms with Crippen LogP contribution in [0, 0.1) is 56.7 Å². The number of fused-ring (bicyclic) bond motifs is 7. The van der Waals surface area contributed by atoms with Gasteiger partial charge in [0.2, 0.25) is 5.91 Å². The van der Waals surface area contributed by atoms with E-state index in [1.54, 1.807) is 13.8 Å². The molecular weight excluding hydrogens is 514 g/mol. The van der Waals surface area contributed by atoms with E-state index in [0.29, 0.717) is 36.2 Å². The van der Waals surface area contributed by atoms with Gasteiger partial charge in [-0.3, -0.25) is 14.4 Å². The summed E-state index contributed by atoms with van der Waals surface area (Å²) in [6.45, 7) is 20.0. The molecule has 6 nitrogen and oxygen atoms in total. The molecule has 0 aromatic heterocycles. The zero-order valence-corrected chi connectivity index (χ0v) is 27.4. The normalized spacial score (nSPS) is 47.0. The zero-order chi connectivity index (χ0) is 30.2. The molecule has 41 heavy (non-hydrogen) atoms. The summed E-state index contributed by atoms with van der Waals surface area (Å²) in [4.78, 5) is 36.1. The van der Waals surface area contributed by atoms with Crippen molar-refractivity contribution in [1.82, 2.24) is 5.32 Å². The molecule has 5 aliphatic rings. The van der Waals surface area contributed by atoms with Crippen molar-refractivity contribution >= 4 is 17.8 Å². The first kappa shape index (κ1) is 30.9. The highest BCUT2D eigenvalue weighted by molar-refractivity contribution is 5.73. The van der Waals surface area contributed by atoms with Crippen molar-refractivity contribution in [3.05, 3.63) is 0 Å². The quantitative estimate of drug-likeness (QED) is 0.356. The molecule has 0 saturated heterocycles. The van der Waals surface area contributed by atoms with Crippen molar-refractivity contribution in [3.8, 4) is 0 Å². The maximum atomic E-state index is 12.1. The third-order valence-electron chi connectivity index (χ3n) is 14.5. The average Bonchev–Trinajstić information content (AvgIpc) is 3.24. The van der Waals surface area contributed by atoms with E-state index in [4.69, 9.17) is 9.47 Å². The number of nitrogens with one attached hydrogen (secondary N) is 1. The van der Waals surface area contributed by atoms with Crippen LogP contribution >= 0.6 is 0 Å². The summed E-state index contributed by atoms with van der Waals surface area (Å²) in [6, 6.07) is 0.121. The number of ether oxygens (including phenoxy) is 2. The summed E-state index contributed by atoms with van der Waals surface area (Å²) < 4.78 is 11.7. The first-order valence-electron chi connectivity index (χ1n) is 16.6. The molecule has 1 N–H and O–H groups in total. The number of hydrogen-bond acceptors (Lipinski definition) is 5. The first-order chi connectivity index (χ1) is 19.0. The largest absolute Gasteiger partial charge is 0.465 e. The summed E-state index contributed by atoms with van der Waals surface area (Å²) in [6.07, 6.45) is 11.4. The Kier molecular flexibility index (Phi) is 7.72. The van der Waals surface area contributed by atoms with Gasteiger partial charge in [0.05, 0.1) is 6.61 Å². The van der Waals surface area contributed by atoms with Crippen LogP contribution in [0.1, 0.15) is 127 Å². The Morgan fingerprint density at radius 1 is 0.780 bits per heavy atom. The van der Waals surface area contributed by atoms with Gasteiger partial charge >= 0.3 is 11.9 Å². The SMILES string of the molecule is CC(=O)N[C@H](C)[C@H]1CC[C@@]2(COC(C)=O)CC[C@]3(C)[C@H](CC[C@H]4[C@@]5(C)CC[C@@H](OC(C)=O)C(C)(C)[C@H]5CC[C@@]43C)[C@@H]12.